The van der Waals surface area contributed by atoms with Crippen molar-refractivity contribution >= 4 is 17.6 Å². The number of ether oxygens (including phenoxy) is 2. The number of nitrogen functional groups attached to an aromatic ring is 1. The Balaban J connectivity index is 3.42. The van der Waals surface area contributed by atoms with Crippen LogP contribution < -0.4 is 10.5 Å². The van der Waals surface area contributed by atoms with Crippen LogP contribution in [0.2, 0.25) is 0 Å². The van der Waals surface area contributed by atoms with Gasteiger partial charge in [0.25, 0.3) is 0 Å². The average Bonchev–Trinajstić information content (AvgIpc) is 2.30. The third-order valence-electron chi connectivity index (χ3n) is 2.42. The predicted molar refractivity (Wildman–Crippen MR) is 71.1 cm³/mol. The molecule has 0 spiro atoms. The number of nitrogens with two attached hydrogens (primary N) is 1. The summed E-state index contributed by atoms with van der Waals surface area (Å²) in [5.41, 5.74) is 4.36. The maximum absolute atomic E-state index is 12.0. The lowest BCUT2D eigenvalue weighted by Gasteiger charge is -2.20. The maximum atomic E-state index is 12.0. The van der Waals surface area contributed by atoms with E-state index in [9.17, 15) is 14.8 Å². The molecule has 0 aliphatic heterocycles. The fourth-order valence-corrected chi connectivity index (χ4v) is 1.56. The number of pyridine rings is 1. The van der Waals surface area contributed by atoms with E-state index < -0.39 is 23.2 Å². The van der Waals surface area contributed by atoms with Crippen molar-refractivity contribution in [3.8, 4) is 0 Å². The monoisotopic (exact) mass is 282 g/mol. The van der Waals surface area contributed by atoms with Gasteiger partial charge in [-0.05, 0) is 20.8 Å². The van der Waals surface area contributed by atoms with Crippen molar-refractivity contribution < 1.29 is 23.8 Å². The van der Waals surface area contributed by atoms with E-state index in [1.807, 2.05) is 0 Å². The van der Waals surface area contributed by atoms with Crippen LogP contribution in [0, 0.1) is 12.1 Å². The summed E-state index contributed by atoms with van der Waals surface area (Å²) in [6, 6.07) is 1.27. The molecule has 1 aromatic rings. The third kappa shape index (κ3) is 3.17. The number of anilines is 1. The molecule has 0 atom stereocenters. The van der Waals surface area contributed by atoms with Gasteiger partial charge >= 0.3 is 17.6 Å². The van der Waals surface area contributed by atoms with E-state index in [0.717, 1.165) is 0 Å². The molecule has 0 fully saturated rings. The Hall–Kier alpha value is -2.31. The molecular weight excluding hydrogens is 264 g/mol. The lowest BCUT2D eigenvalue weighted by atomic mass is 10.1. The molecule has 2 N–H and O–H groups in total. The summed E-state index contributed by atoms with van der Waals surface area (Å²) >= 11 is 0. The van der Waals surface area contributed by atoms with Crippen molar-refractivity contribution in [2.45, 2.75) is 33.3 Å². The number of carbonyl (C=O) groups is 2. The Labute approximate surface area is 116 Å². The zero-order valence-electron chi connectivity index (χ0n) is 12.1. The van der Waals surface area contributed by atoms with Crippen molar-refractivity contribution in [2.24, 2.45) is 0 Å². The Bertz CT molecular complexity index is 561. The van der Waals surface area contributed by atoms with Gasteiger partial charge in [-0.3, -0.25) is 0 Å². The largest absolute Gasteiger partial charge is 0.618 e. The fourth-order valence-electron chi connectivity index (χ4n) is 1.56. The van der Waals surface area contributed by atoms with E-state index in [1.165, 1.54) is 20.1 Å². The van der Waals surface area contributed by atoms with E-state index >= 15 is 0 Å². The molecule has 0 saturated heterocycles. The fraction of sp³-hybridized carbons (Fsp3) is 0.462. The second-order valence-corrected chi connectivity index (χ2v) is 5.25. The Kier molecular flexibility index (Phi) is 4.22. The number of hydrogen-bond acceptors (Lipinski definition) is 6. The zero-order chi connectivity index (χ0) is 15.7. The molecule has 0 aliphatic carbocycles. The summed E-state index contributed by atoms with van der Waals surface area (Å²) in [6.07, 6.45) is 0. The number of aromatic nitrogens is 1. The highest BCUT2D eigenvalue weighted by atomic mass is 16.6. The van der Waals surface area contributed by atoms with Gasteiger partial charge < -0.3 is 20.4 Å². The standard InChI is InChI=1S/C13H18N2O5/c1-7-6-8(11(16)19-5)9(14)10(15(7)18)12(17)20-13(2,3)4/h6H,14H2,1-5H3. The van der Waals surface area contributed by atoms with Gasteiger partial charge in [0.05, 0.1) is 12.7 Å². The van der Waals surface area contributed by atoms with Crippen LogP contribution in [0.15, 0.2) is 6.07 Å². The van der Waals surface area contributed by atoms with Gasteiger partial charge in [-0.2, -0.15) is 4.73 Å². The first-order valence-corrected chi connectivity index (χ1v) is 5.92. The lowest BCUT2D eigenvalue weighted by molar-refractivity contribution is -0.614. The summed E-state index contributed by atoms with van der Waals surface area (Å²) in [6.45, 7) is 6.43. The molecule has 1 heterocycles. The molecule has 1 aromatic heterocycles. The molecule has 0 aliphatic rings. The Morgan fingerprint density at radius 2 is 1.85 bits per heavy atom. The molecule has 0 radical (unpaired) electrons. The van der Waals surface area contributed by atoms with Gasteiger partial charge in [-0.25, -0.2) is 9.59 Å². The van der Waals surface area contributed by atoms with Crippen LogP contribution in [-0.4, -0.2) is 24.6 Å². The number of aryl methyl sites for hydroxylation is 1. The first kappa shape index (κ1) is 15.7. The van der Waals surface area contributed by atoms with Crippen LogP contribution in [0.25, 0.3) is 0 Å². The van der Waals surface area contributed by atoms with Gasteiger partial charge in [0.2, 0.25) is 0 Å². The molecule has 0 saturated carbocycles. The van der Waals surface area contributed by atoms with E-state index in [1.54, 1.807) is 20.8 Å². The summed E-state index contributed by atoms with van der Waals surface area (Å²) in [4.78, 5) is 23.6. The van der Waals surface area contributed by atoms with E-state index in [-0.39, 0.29) is 16.9 Å². The van der Waals surface area contributed by atoms with Crippen molar-refractivity contribution in [2.75, 3.05) is 12.8 Å². The molecule has 20 heavy (non-hydrogen) atoms. The van der Waals surface area contributed by atoms with E-state index in [4.69, 9.17) is 10.5 Å². The topological polar surface area (TPSA) is 106 Å². The number of carbonyl (C=O) groups excluding carboxylic acids is 2. The second-order valence-electron chi connectivity index (χ2n) is 5.25. The van der Waals surface area contributed by atoms with Crippen LogP contribution in [0.1, 0.15) is 47.3 Å². The molecule has 1 rings (SSSR count). The highest BCUT2D eigenvalue weighted by Crippen LogP contribution is 2.20. The number of esters is 2. The smallest absolute Gasteiger partial charge is 0.407 e. The van der Waals surface area contributed by atoms with Crippen molar-refractivity contribution in [1.29, 1.82) is 0 Å². The van der Waals surface area contributed by atoms with Crippen LogP contribution in [0.5, 0.6) is 0 Å². The minimum Gasteiger partial charge on any atom is -0.618 e. The summed E-state index contributed by atoms with van der Waals surface area (Å²) in [7, 11) is 1.18. The molecule has 7 nitrogen and oxygen atoms in total. The average molecular weight is 282 g/mol. The Morgan fingerprint density at radius 1 is 1.30 bits per heavy atom. The number of methoxy groups -OCH3 is 1. The molecule has 0 bridgehead atoms. The van der Waals surface area contributed by atoms with Gasteiger partial charge in [0.1, 0.15) is 11.3 Å². The lowest BCUT2D eigenvalue weighted by Crippen LogP contribution is -2.42. The molecule has 7 heteroatoms. The maximum Gasteiger partial charge on any atom is 0.407 e. The normalized spacial score (nSPS) is 11.1. The van der Waals surface area contributed by atoms with E-state index in [2.05, 4.69) is 4.74 Å². The number of rotatable bonds is 2. The van der Waals surface area contributed by atoms with Crippen molar-refractivity contribution in [1.82, 2.24) is 0 Å². The highest BCUT2D eigenvalue weighted by molar-refractivity contribution is 6.01. The first-order chi connectivity index (χ1) is 9.08. The first-order valence-electron chi connectivity index (χ1n) is 5.92. The minimum absolute atomic E-state index is 0.0436. The minimum atomic E-state index is -0.890. The third-order valence-corrected chi connectivity index (χ3v) is 2.42. The van der Waals surface area contributed by atoms with Gasteiger partial charge in [0, 0.05) is 13.0 Å². The van der Waals surface area contributed by atoms with Crippen LogP contribution >= 0.6 is 0 Å². The van der Waals surface area contributed by atoms with Gasteiger partial charge in [0.15, 0.2) is 5.69 Å². The molecule has 0 unspecified atom stereocenters. The summed E-state index contributed by atoms with van der Waals surface area (Å²) in [5.74, 6) is -1.62. The molecule has 0 aromatic carbocycles. The number of hydrogen-bond donors (Lipinski definition) is 1. The van der Waals surface area contributed by atoms with Crippen LogP contribution in [-0.2, 0) is 9.47 Å². The quantitative estimate of drug-likeness (QED) is 0.492. The van der Waals surface area contributed by atoms with Crippen molar-refractivity contribution in [3.05, 3.63) is 28.2 Å². The second kappa shape index (κ2) is 5.36. The molecule has 110 valence electrons. The van der Waals surface area contributed by atoms with Crippen LogP contribution in [0.3, 0.4) is 0 Å². The number of nitrogens with zero attached hydrogens (tertiary/aromatic N) is 1. The van der Waals surface area contributed by atoms with E-state index in [0.29, 0.717) is 4.73 Å². The highest BCUT2D eigenvalue weighted by Gasteiger charge is 2.31. The van der Waals surface area contributed by atoms with Gasteiger partial charge in [-0.1, -0.05) is 0 Å². The summed E-state index contributed by atoms with van der Waals surface area (Å²) < 4.78 is 10.0. The molecular formula is C13H18N2O5. The predicted octanol–water partition coefficient (Wildman–Crippen LogP) is 0.953. The SMILES string of the molecule is COC(=O)c1cc(C)[n+]([O-])c(C(=O)OC(C)(C)C)c1N. The Morgan fingerprint density at radius 3 is 2.30 bits per heavy atom. The van der Waals surface area contributed by atoms with Gasteiger partial charge in [-0.15, -0.1) is 0 Å². The van der Waals surface area contributed by atoms with Crippen LogP contribution in [0.4, 0.5) is 5.69 Å². The molecule has 0 amide bonds. The summed E-state index contributed by atoms with van der Waals surface area (Å²) in [5, 5.41) is 12.0. The zero-order valence-corrected chi connectivity index (χ0v) is 12.1. The van der Waals surface area contributed by atoms with Crippen molar-refractivity contribution in [3.63, 3.8) is 0 Å².